The summed E-state index contributed by atoms with van der Waals surface area (Å²) in [6, 6.07) is 17.5. The lowest BCUT2D eigenvalue weighted by Crippen LogP contribution is -2.12. The van der Waals surface area contributed by atoms with Crippen molar-refractivity contribution < 1.29 is 4.79 Å². The van der Waals surface area contributed by atoms with Gasteiger partial charge in [0.15, 0.2) is 5.13 Å². The summed E-state index contributed by atoms with van der Waals surface area (Å²) in [4.78, 5) is 16.5. The molecule has 0 aliphatic carbocycles. The summed E-state index contributed by atoms with van der Waals surface area (Å²) < 4.78 is 0. The molecule has 23 heavy (non-hydrogen) atoms. The lowest BCUT2D eigenvalue weighted by Gasteiger charge is -2.02. The lowest BCUT2D eigenvalue weighted by atomic mass is 10.1. The Hall–Kier alpha value is -2.66. The van der Waals surface area contributed by atoms with Gasteiger partial charge < -0.3 is 11.1 Å². The number of hydrogen-bond donors (Lipinski definition) is 2. The summed E-state index contributed by atoms with van der Waals surface area (Å²) in [7, 11) is 0. The van der Waals surface area contributed by atoms with Crippen molar-refractivity contribution >= 4 is 28.1 Å². The van der Waals surface area contributed by atoms with E-state index in [0.29, 0.717) is 17.2 Å². The van der Waals surface area contributed by atoms with E-state index in [2.05, 4.69) is 10.3 Å². The highest BCUT2D eigenvalue weighted by Crippen LogP contribution is 2.26. The van der Waals surface area contributed by atoms with Crippen molar-refractivity contribution in [2.75, 3.05) is 11.1 Å². The Kier molecular flexibility index (Phi) is 4.68. The van der Waals surface area contributed by atoms with E-state index in [4.69, 9.17) is 5.73 Å². The number of thiazole rings is 1. The van der Waals surface area contributed by atoms with Gasteiger partial charge in [0, 0.05) is 23.1 Å². The summed E-state index contributed by atoms with van der Waals surface area (Å²) in [5.41, 5.74) is 9.41. The van der Waals surface area contributed by atoms with Crippen molar-refractivity contribution in [2.45, 2.75) is 12.8 Å². The molecule has 0 bridgehead atoms. The number of aryl methyl sites for hydroxylation is 1. The first kappa shape index (κ1) is 15.2. The molecular weight excluding hydrogens is 306 g/mol. The summed E-state index contributed by atoms with van der Waals surface area (Å²) in [6.07, 6.45) is 1.16. The van der Waals surface area contributed by atoms with Crippen molar-refractivity contribution in [3.8, 4) is 11.3 Å². The molecule has 0 unspecified atom stereocenters. The number of benzene rings is 2. The number of aromatic nitrogens is 1. The number of nitrogens with zero attached hydrogens (tertiary/aromatic N) is 1. The van der Waals surface area contributed by atoms with Crippen molar-refractivity contribution in [3.05, 3.63) is 65.5 Å². The predicted octanol–water partition coefficient (Wildman–Crippen LogP) is 3.96. The Balaban J connectivity index is 1.59. The molecule has 3 rings (SSSR count). The average Bonchev–Trinajstić information content (AvgIpc) is 3.02. The average molecular weight is 323 g/mol. The first-order valence-corrected chi connectivity index (χ1v) is 8.24. The van der Waals surface area contributed by atoms with Gasteiger partial charge in [-0.1, -0.05) is 42.5 Å². The van der Waals surface area contributed by atoms with Crippen LogP contribution in [0.25, 0.3) is 11.3 Å². The Morgan fingerprint density at radius 3 is 2.74 bits per heavy atom. The van der Waals surface area contributed by atoms with Crippen LogP contribution in [0.3, 0.4) is 0 Å². The molecule has 0 aliphatic heterocycles. The third-order valence-electron chi connectivity index (χ3n) is 3.42. The van der Waals surface area contributed by atoms with Crippen molar-refractivity contribution in [2.24, 2.45) is 0 Å². The van der Waals surface area contributed by atoms with Crippen molar-refractivity contribution in [1.82, 2.24) is 4.98 Å². The molecule has 0 radical (unpaired) electrons. The van der Waals surface area contributed by atoms with Crippen LogP contribution in [-0.2, 0) is 11.2 Å². The topological polar surface area (TPSA) is 68.0 Å². The molecule has 5 heteroatoms. The second kappa shape index (κ2) is 7.07. The molecular formula is C18H17N3OS. The maximum atomic E-state index is 12.0. The molecule has 1 amide bonds. The van der Waals surface area contributed by atoms with Crippen LogP contribution >= 0.6 is 11.3 Å². The number of anilines is 2. The Labute approximate surface area is 139 Å². The molecule has 4 nitrogen and oxygen atoms in total. The van der Waals surface area contributed by atoms with Gasteiger partial charge in [-0.05, 0) is 24.1 Å². The molecule has 116 valence electrons. The Morgan fingerprint density at radius 2 is 1.96 bits per heavy atom. The molecule has 2 aromatic carbocycles. The minimum absolute atomic E-state index is 0.0256. The van der Waals surface area contributed by atoms with Crippen LogP contribution in [0.2, 0.25) is 0 Å². The second-order valence-electron chi connectivity index (χ2n) is 5.20. The van der Waals surface area contributed by atoms with Gasteiger partial charge >= 0.3 is 0 Å². The lowest BCUT2D eigenvalue weighted by molar-refractivity contribution is -0.116. The number of carbonyl (C=O) groups is 1. The Bertz CT molecular complexity index is 799. The number of hydrogen-bond acceptors (Lipinski definition) is 4. The van der Waals surface area contributed by atoms with Crippen LogP contribution < -0.4 is 11.1 Å². The van der Waals surface area contributed by atoms with E-state index >= 15 is 0 Å². The smallest absolute Gasteiger partial charge is 0.226 e. The van der Waals surface area contributed by atoms with Gasteiger partial charge in [0.2, 0.25) is 5.91 Å². The van der Waals surface area contributed by atoms with Gasteiger partial charge in [0.1, 0.15) is 0 Å². The van der Waals surface area contributed by atoms with E-state index < -0.39 is 0 Å². The highest BCUT2D eigenvalue weighted by Gasteiger charge is 2.08. The van der Waals surface area contributed by atoms with Crippen LogP contribution in [-0.4, -0.2) is 10.9 Å². The standard InChI is InChI=1S/C18H17N3OS/c19-15-8-4-7-14(11-15)16-12-23-18(20-16)21-17(22)10-9-13-5-2-1-3-6-13/h1-8,11-12H,9-10,19H2,(H,20,21,22). The zero-order valence-electron chi connectivity index (χ0n) is 12.5. The maximum Gasteiger partial charge on any atom is 0.226 e. The fourth-order valence-electron chi connectivity index (χ4n) is 2.25. The molecule has 1 aromatic heterocycles. The molecule has 3 aromatic rings. The van der Waals surface area contributed by atoms with Crippen molar-refractivity contribution in [3.63, 3.8) is 0 Å². The molecule has 0 aliphatic rings. The molecule has 0 fully saturated rings. The molecule has 3 N–H and O–H groups in total. The van der Waals surface area contributed by atoms with E-state index in [1.807, 2.05) is 60.0 Å². The highest BCUT2D eigenvalue weighted by atomic mass is 32.1. The van der Waals surface area contributed by atoms with Crippen LogP contribution in [0, 0.1) is 0 Å². The summed E-state index contributed by atoms with van der Waals surface area (Å²) >= 11 is 1.42. The van der Waals surface area contributed by atoms with E-state index in [9.17, 15) is 4.79 Å². The molecule has 0 saturated carbocycles. The molecule has 1 heterocycles. The van der Waals surface area contributed by atoms with E-state index in [1.165, 1.54) is 11.3 Å². The van der Waals surface area contributed by atoms with Crippen molar-refractivity contribution in [1.29, 1.82) is 0 Å². The maximum absolute atomic E-state index is 12.0. The second-order valence-corrected chi connectivity index (χ2v) is 6.06. The number of rotatable bonds is 5. The van der Waals surface area contributed by atoms with Crippen LogP contribution in [0.1, 0.15) is 12.0 Å². The monoisotopic (exact) mass is 323 g/mol. The molecule has 0 atom stereocenters. The van der Waals surface area contributed by atoms with Gasteiger partial charge in [0.05, 0.1) is 5.69 Å². The SMILES string of the molecule is Nc1cccc(-c2csc(NC(=O)CCc3ccccc3)n2)c1. The number of nitrogen functional groups attached to an aromatic ring is 1. The zero-order valence-corrected chi connectivity index (χ0v) is 13.3. The van der Waals surface area contributed by atoms with Gasteiger partial charge in [-0.2, -0.15) is 0 Å². The number of carbonyl (C=O) groups excluding carboxylic acids is 1. The molecule has 0 spiro atoms. The number of amides is 1. The van der Waals surface area contributed by atoms with Crippen LogP contribution in [0.4, 0.5) is 10.8 Å². The first-order valence-electron chi connectivity index (χ1n) is 7.36. The highest BCUT2D eigenvalue weighted by molar-refractivity contribution is 7.14. The van der Waals surface area contributed by atoms with E-state index in [-0.39, 0.29) is 5.91 Å². The number of nitrogens with one attached hydrogen (secondary N) is 1. The molecule has 0 saturated heterocycles. The van der Waals surface area contributed by atoms with Gasteiger partial charge in [-0.3, -0.25) is 4.79 Å². The third-order valence-corrected chi connectivity index (χ3v) is 4.17. The number of nitrogens with two attached hydrogens (primary N) is 1. The predicted molar refractivity (Wildman–Crippen MR) is 95.4 cm³/mol. The zero-order chi connectivity index (χ0) is 16.1. The van der Waals surface area contributed by atoms with Gasteiger partial charge in [-0.25, -0.2) is 4.98 Å². The van der Waals surface area contributed by atoms with Gasteiger partial charge in [0.25, 0.3) is 0 Å². The van der Waals surface area contributed by atoms with Crippen LogP contribution in [0.15, 0.2) is 60.0 Å². The first-order chi connectivity index (χ1) is 11.2. The summed E-state index contributed by atoms with van der Waals surface area (Å²) in [6.45, 7) is 0. The van der Waals surface area contributed by atoms with Gasteiger partial charge in [-0.15, -0.1) is 11.3 Å². The summed E-state index contributed by atoms with van der Waals surface area (Å²) in [5.74, 6) is -0.0256. The van der Waals surface area contributed by atoms with E-state index in [0.717, 1.165) is 23.2 Å². The largest absolute Gasteiger partial charge is 0.399 e. The minimum atomic E-state index is -0.0256. The third kappa shape index (κ3) is 4.17. The normalized spacial score (nSPS) is 10.4. The van der Waals surface area contributed by atoms with Crippen LogP contribution in [0.5, 0.6) is 0 Å². The fourth-order valence-corrected chi connectivity index (χ4v) is 2.98. The fraction of sp³-hybridized carbons (Fsp3) is 0.111. The summed E-state index contributed by atoms with van der Waals surface area (Å²) in [5, 5.41) is 5.38. The quantitative estimate of drug-likeness (QED) is 0.698. The Morgan fingerprint density at radius 1 is 1.13 bits per heavy atom. The minimum Gasteiger partial charge on any atom is -0.399 e. The van der Waals surface area contributed by atoms with E-state index in [1.54, 1.807) is 0 Å².